The van der Waals surface area contributed by atoms with Gasteiger partial charge >= 0.3 is 0 Å². The third-order valence-corrected chi connectivity index (χ3v) is 5.70. The van der Waals surface area contributed by atoms with Crippen molar-refractivity contribution in [2.24, 2.45) is 5.92 Å². The van der Waals surface area contributed by atoms with Crippen LogP contribution in [-0.4, -0.2) is 30.0 Å². The molecule has 4 nitrogen and oxygen atoms in total. The number of rotatable bonds is 6. The van der Waals surface area contributed by atoms with Crippen LogP contribution < -0.4 is 10.6 Å². The maximum Gasteiger partial charge on any atom is 0.224 e. The maximum atomic E-state index is 12.7. The number of carbonyl (C=O) groups excluding carboxylic acids is 1. The zero-order valence-electron chi connectivity index (χ0n) is 15.1. The minimum absolute atomic E-state index is 0. The molecule has 1 aromatic carbocycles. The number of allylic oxidation sites excluding steroid dienone is 2. The minimum Gasteiger partial charge on any atom is -0.354 e. The normalized spacial score (nSPS) is 20.1. The number of carbonyl (C=O) groups is 1. The van der Waals surface area contributed by atoms with Gasteiger partial charge in [-0.05, 0) is 38.4 Å². The zero-order chi connectivity index (χ0) is 16.9. The Labute approximate surface area is 171 Å². The van der Waals surface area contributed by atoms with Crippen molar-refractivity contribution in [3.8, 4) is 0 Å². The molecule has 1 aromatic heterocycles. The Kier molecular flexibility index (Phi) is 9.58. The van der Waals surface area contributed by atoms with Crippen molar-refractivity contribution in [1.82, 2.24) is 15.6 Å². The Morgan fingerprint density at radius 3 is 2.73 bits per heavy atom. The lowest BCUT2D eigenvalue weighted by atomic mass is 9.82. The number of halogens is 2. The molecule has 0 bridgehead atoms. The van der Waals surface area contributed by atoms with Gasteiger partial charge in [0.1, 0.15) is 0 Å². The molecule has 7 heteroatoms. The van der Waals surface area contributed by atoms with Gasteiger partial charge in [0.15, 0.2) is 0 Å². The molecule has 2 aromatic rings. The fourth-order valence-corrected chi connectivity index (χ4v) is 4.38. The Hall–Kier alpha value is -1.14. The van der Waals surface area contributed by atoms with Gasteiger partial charge in [-0.15, -0.1) is 36.2 Å². The number of amides is 1. The van der Waals surface area contributed by atoms with E-state index < -0.39 is 0 Å². The molecule has 0 saturated heterocycles. The van der Waals surface area contributed by atoms with Crippen LogP contribution in [0.4, 0.5) is 0 Å². The lowest BCUT2D eigenvalue weighted by Crippen LogP contribution is -2.42. The van der Waals surface area contributed by atoms with Gasteiger partial charge in [-0.3, -0.25) is 4.79 Å². The van der Waals surface area contributed by atoms with E-state index in [9.17, 15) is 4.79 Å². The highest BCUT2D eigenvalue weighted by Gasteiger charge is 2.32. The number of para-hydroxylation sites is 1. The first-order valence-corrected chi connectivity index (χ1v) is 9.52. The first-order chi connectivity index (χ1) is 11.7. The summed E-state index contributed by atoms with van der Waals surface area (Å²) < 4.78 is 1.20. The molecule has 1 aliphatic carbocycles. The van der Waals surface area contributed by atoms with Gasteiger partial charge in [-0.1, -0.05) is 31.2 Å². The van der Waals surface area contributed by atoms with E-state index in [2.05, 4.69) is 42.7 Å². The van der Waals surface area contributed by atoms with Crippen molar-refractivity contribution >= 4 is 52.3 Å². The number of nitrogens with zero attached hydrogens (tertiary/aromatic N) is 1. The summed E-state index contributed by atoms with van der Waals surface area (Å²) in [5.74, 6) is 0.305. The van der Waals surface area contributed by atoms with Crippen LogP contribution >= 0.6 is 36.2 Å². The summed E-state index contributed by atoms with van der Waals surface area (Å²) in [6.45, 7) is 5.75. The van der Waals surface area contributed by atoms with E-state index in [0.717, 1.165) is 29.9 Å². The van der Waals surface area contributed by atoms with E-state index in [0.29, 0.717) is 12.6 Å². The number of likely N-dealkylation sites (N-methyl/N-ethyl adjacent to an activating group) is 1. The number of benzene rings is 1. The maximum absolute atomic E-state index is 12.7. The van der Waals surface area contributed by atoms with Crippen LogP contribution in [0.2, 0.25) is 0 Å². The lowest BCUT2D eigenvalue weighted by Gasteiger charge is -2.26. The first-order valence-electron chi connectivity index (χ1n) is 8.70. The molecule has 2 N–H and O–H groups in total. The first kappa shape index (κ1) is 22.9. The van der Waals surface area contributed by atoms with Crippen LogP contribution in [0.5, 0.6) is 0 Å². The molecule has 3 atom stereocenters. The SMILES string of the molecule is CCN[C@H](C)CNC(=O)C1CC=CCC1c1nc2ccccc2s1.Cl.Cl. The number of hydrogen-bond acceptors (Lipinski definition) is 4. The van der Waals surface area contributed by atoms with Gasteiger partial charge in [-0.2, -0.15) is 0 Å². The van der Waals surface area contributed by atoms with Gasteiger partial charge < -0.3 is 10.6 Å². The van der Waals surface area contributed by atoms with Gasteiger partial charge in [0.2, 0.25) is 5.91 Å². The van der Waals surface area contributed by atoms with E-state index in [1.807, 2.05) is 18.2 Å². The number of nitrogens with one attached hydrogen (secondary N) is 2. The topological polar surface area (TPSA) is 54.0 Å². The summed E-state index contributed by atoms with van der Waals surface area (Å²) in [6, 6.07) is 8.48. The quantitative estimate of drug-likeness (QED) is 0.691. The largest absolute Gasteiger partial charge is 0.354 e. The molecule has 1 heterocycles. The van der Waals surface area contributed by atoms with Crippen molar-refractivity contribution in [3.63, 3.8) is 0 Å². The second-order valence-electron chi connectivity index (χ2n) is 6.38. The highest BCUT2D eigenvalue weighted by atomic mass is 35.5. The average molecular weight is 416 g/mol. The molecule has 1 aliphatic rings. The van der Waals surface area contributed by atoms with Gasteiger partial charge in [-0.25, -0.2) is 4.98 Å². The smallest absolute Gasteiger partial charge is 0.224 e. The highest BCUT2D eigenvalue weighted by molar-refractivity contribution is 7.18. The summed E-state index contributed by atoms with van der Waals surface area (Å²) in [4.78, 5) is 17.5. The molecular weight excluding hydrogens is 389 g/mol. The highest BCUT2D eigenvalue weighted by Crippen LogP contribution is 2.38. The van der Waals surface area contributed by atoms with Crippen LogP contribution in [-0.2, 0) is 4.79 Å². The third kappa shape index (κ3) is 5.43. The van der Waals surface area contributed by atoms with Crippen LogP contribution in [0, 0.1) is 5.92 Å². The molecule has 144 valence electrons. The molecular formula is C19H27Cl2N3OS. The van der Waals surface area contributed by atoms with Crippen molar-refractivity contribution in [1.29, 1.82) is 0 Å². The summed E-state index contributed by atoms with van der Waals surface area (Å²) in [5.41, 5.74) is 1.03. The van der Waals surface area contributed by atoms with E-state index in [1.54, 1.807) is 11.3 Å². The van der Waals surface area contributed by atoms with Crippen molar-refractivity contribution in [3.05, 3.63) is 41.4 Å². The summed E-state index contributed by atoms with van der Waals surface area (Å²) in [5, 5.41) is 7.52. The van der Waals surface area contributed by atoms with Crippen molar-refractivity contribution < 1.29 is 4.79 Å². The van der Waals surface area contributed by atoms with E-state index in [4.69, 9.17) is 4.98 Å². The molecule has 0 radical (unpaired) electrons. The molecule has 1 amide bonds. The standard InChI is InChI=1S/C19H25N3OS.2ClH/c1-3-20-13(2)12-21-18(23)14-8-4-5-9-15(14)19-22-16-10-6-7-11-17(16)24-19;;/h4-7,10-11,13-15,20H,3,8-9,12H2,1-2H3,(H,21,23);2*1H/t13-,14?,15?;;/m1../s1. The van der Waals surface area contributed by atoms with Crippen LogP contribution in [0.15, 0.2) is 36.4 Å². The molecule has 0 spiro atoms. The van der Waals surface area contributed by atoms with Gasteiger partial charge in [0.05, 0.1) is 21.1 Å². The molecule has 0 aliphatic heterocycles. The van der Waals surface area contributed by atoms with E-state index >= 15 is 0 Å². The Morgan fingerprint density at radius 1 is 1.27 bits per heavy atom. The van der Waals surface area contributed by atoms with E-state index in [-0.39, 0.29) is 42.6 Å². The second-order valence-corrected chi connectivity index (χ2v) is 7.44. The predicted molar refractivity (Wildman–Crippen MR) is 115 cm³/mol. The van der Waals surface area contributed by atoms with Gasteiger partial charge in [0.25, 0.3) is 0 Å². The number of hydrogen-bond donors (Lipinski definition) is 2. The van der Waals surface area contributed by atoms with Crippen LogP contribution in [0.3, 0.4) is 0 Å². The van der Waals surface area contributed by atoms with Crippen molar-refractivity contribution in [2.75, 3.05) is 13.1 Å². The fourth-order valence-electron chi connectivity index (χ4n) is 3.23. The summed E-state index contributed by atoms with van der Waals surface area (Å²) in [7, 11) is 0. The Balaban J connectivity index is 0.00000169. The predicted octanol–water partition coefficient (Wildman–Crippen LogP) is 4.30. The fraction of sp³-hybridized carbons (Fsp3) is 0.474. The molecule has 26 heavy (non-hydrogen) atoms. The Morgan fingerprint density at radius 2 is 2.00 bits per heavy atom. The molecule has 2 unspecified atom stereocenters. The number of thiazole rings is 1. The zero-order valence-corrected chi connectivity index (χ0v) is 17.6. The molecule has 0 saturated carbocycles. The van der Waals surface area contributed by atoms with Crippen LogP contribution in [0.1, 0.15) is 37.6 Å². The van der Waals surface area contributed by atoms with Crippen LogP contribution in [0.25, 0.3) is 10.2 Å². The molecule has 3 rings (SSSR count). The Bertz CT molecular complexity index is 701. The summed E-state index contributed by atoms with van der Waals surface area (Å²) >= 11 is 1.72. The summed E-state index contributed by atoms with van der Waals surface area (Å²) in [6.07, 6.45) is 5.99. The van der Waals surface area contributed by atoms with Crippen molar-refractivity contribution in [2.45, 2.75) is 38.6 Å². The number of aromatic nitrogens is 1. The lowest BCUT2D eigenvalue weighted by molar-refractivity contribution is -0.125. The second kappa shape index (κ2) is 10.9. The monoisotopic (exact) mass is 415 g/mol. The average Bonchev–Trinajstić information content (AvgIpc) is 3.04. The molecule has 0 fully saturated rings. The van der Waals surface area contributed by atoms with E-state index in [1.165, 1.54) is 4.70 Å². The minimum atomic E-state index is -0.0237. The third-order valence-electron chi connectivity index (χ3n) is 4.53. The number of fused-ring (bicyclic) bond motifs is 1. The van der Waals surface area contributed by atoms with Gasteiger partial charge in [0, 0.05) is 18.5 Å².